The van der Waals surface area contributed by atoms with Gasteiger partial charge in [-0.1, -0.05) is 49.4 Å². The van der Waals surface area contributed by atoms with Gasteiger partial charge in [0.1, 0.15) is 0 Å². The minimum Gasteiger partial charge on any atom is -0.250 e. The highest BCUT2D eigenvalue weighted by atomic mass is 32.1. The maximum absolute atomic E-state index is 5.18. The Balaban J connectivity index is 2.07. The molecule has 2 aromatic carbocycles. The Bertz CT molecular complexity index is 824. The fourth-order valence-electron chi connectivity index (χ4n) is 2.16. The summed E-state index contributed by atoms with van der Waals surface area (Å²) >= 11 is 5.18. The molecule has 0 bridgehead atoms. The van der Waals surface area contributed by atoms with E-state index in [-0.39, 0.29) is 0 Å². The van der Waals surface area contributed by atoms with Crippen LogP contribution < -0.4 is 0 Å². The van der Waals surface area contributed by atoms with Crippen molar-refractivity contribution in [1.82, 2.24) is 14.9 Å². The van der Waals surface area contributed by atoms with Gasteiger partial charge in [-0.2, -0.15) is 14.9 Å². The van der Waals surface area contributed by atoms with Crippen molar-refractivity contribution in [2.24, 2.45) is 5.10 Å². The van der Waals surface area contributed by atoms with Gasteiger partial charge in [-0.15, -0.1) is 0 Å². The van der Waals surface area contributed by atoms with Crippen LogP contribution in [-0.4, -0.2) is 21.1 Å². The lowest BCUT2D eigenvalue weighted by Gasteiger charge is -2.01. The molecular formula is C15H14N4S. The van der Waals surface area contributed by atoms with Gasteiger partial charge >= 0.3 is 0 Å². The number of hydrogen-bond donors (Lipinski definition) is 1. The van der Waals surface area contributed by atoms with Crippen LogP contribution in [0.2, 0.25) is 0 Å². The number of benzene rings is 2. The highest BCUT2D eigenvalue weighted by Gasteiger charge is 2.02. The van der Waals surface area contributed by atoms with Crippen LogP contribution in [0.25, 0.3) is 10.8 Å². The van der Waals surface area contributed by atoms with Crippen molar-refractivity contribution in [2.45, 2.75) is 13.3 Å². The number of fused-ring (bicyclic) bond motifs is 1. The van der Waals surface area contributed by atoms with Crippen LogP contribution in [0.5, 0.6) is 0 Å². The zero-order valence-corrected chi connectivity index (χ0v) is 11.9. The van der Waals surface area contributed by atoms with Gasteiger partial charge in [-0.05, 0) is 23.0 Å². The quantitative estimate of drug-likeness (QED) is 0.590. The molecule has 1 aromatic heterocycles. The molecule has 0 radical (unpaired) electrons. The van der Waals surface area contributed by atoms with Gasteiger partial charge in [-0.25, -0.2) is 0 Å². The summed E-state index contributed by atoms with van der Waals surface area (Å²) in [6.07, 6.45) is 2.60. The first-order valence-corrected chi connectivity index (χ1v) is 6.89. The van der Waals surface area contributed by atoms with Gasteiger partial charge in [0.25, 0.3) is 0 Å². The van der Waals surface area contributed by atoms with Gasteiger partial charge in [0.05, 0.1) is 6.21 Å². The van der Waals surface area contributed by atoms with Crippen LogP contribution in [0.3, 0.4) is 0 Å². The van der Waals surface area contributed by atoms with Crippen molar-refractivity contribution in [3.8, 4) is 0 Å². The Kier molecular flexibility index (Phi) is 3.43. The van der Waals surface area contributed by atoms with Gasteiger partial charge in [0.15, 0.2) is 5.82 Å². The van der Waals surface area contributed by atoms with E-state index in [2.05, 4.69) is 33.5 Å². The summed E-state index contributed by atoms with van der Waals surface area (Å²) in [5, 5.41) is 13.7. The molecule has 0 saturated heterocycles. The third-order valence-electron chi connectivity index (χ3n) is 3.17. The molecule has 1 N–H and O–H groups in total. The fraction of sp³-hybridized carbons (Fsp3) is 0.133. The molecule has 0 aliphatic rings. The molecule has 1 heterocycles. The average molecular weight is 282 g/mol. The second-order valence-corrected chi connectivity index (χ2v) is 4.81. The minimum atomic E-state index is 0.512. The van der Waals surface area contributed by atoms with E-state index < -0.39 is 0 Å². The molecule has 0 spiro atoms. The number of aryl methyl sites for hydroxylation is 1. The molecule has 0 aliphatic heterocycles. The van der Waals surface area contributed by atoms with Crippen LogP contribution in [0.1, 0.15) is 18.3 Å². The molecule has 100 valence electrons. The number of nitrogens with zero attached hydrogens (tertiary/aromatic N) is 3. The van der Waals surface area contributed by atoms with Crippen LogP contribution in [0.4, 0.5) is 0 Å². The molecule has 5 heteroatoms. The summed E-state index contributed by atoms with van der Waals surface area (Å²) in [5.74, 6) is 0.825. The molecule has 3 aromatic rings. The highest BCUT2D eigenvalue weighted by Crippen LogP contribution is 2.17. The summed E-state index contributed by atoms with van der Waals surface area (Å²) in [6, 6.07) is 14.4. The first kappa shape index (κ1) is 12.7. The predicted molar refractivity (Wildman–Crippen MR) is 83.7 cm³/mol. The third kappa shape index (κ3) is 2.28. The van der Waals surface area contributed by atoms with Crippen LogP contribution >= 0.6 is 12.2 Å². The molecule has 3 rings (SSSR count). The second kappa shape index (κ2) is 5.38. The predicted octanol–water partition coefficient (Wildman–Crippen LogP) is 3.54. The third-order valence-corrected chi connectivity index (χ3v) is 3.43. The molecule has 4 nitrogen and oxygen atoms in total. The summed E-state index contributed by atoms with van der Waals surface area (Å²) in [7, 11) is 0. The van der Waals surface area contributed by atoms with Gasteiger partial charge in [0, 0.05) is 12.0 Å². The number of nitrogens with one attached hydrogen (secondary N) is 1. The number of aromatic nitrogens is 3. The number of H-pyrrole nitrogens is 1. The molecule has 0 unspecified atom stereocenters. The Labute approximate surface area is 121 Å². The van der Waals surface area contributed by atoms with Crippen molar-refractivity contribution in [1.29, 1.82) is 0 Å². The molecule has 20 heavy (non-hydrogen) atoms. The van der Waals surface area contributed by atoms with Gasteiger partial charge in [-0.3, -0.25) is 5.10 Å². The molecular weight excluding hydrogens is 268 g/mol. The van der Waals surface area contributed by atoms with Crippen LogP contribution in [-0.2, 0) is 6.42 Å². The Morgan fingerprint density at radius 3 is 2.90 bits per heavy atom. The second-order valence-electron chi connectivity index (χ2n) is 4.42. The Hall–Kier alpha value is -2.27. The smallest absolute Gasteiger partial charge is 0.216 e. The van der Waals surface area contributed by atoms with Crippen molar-refractivity contribution in [3.63, 3.8) is 0 Å². The number of hydrogen-bond acceptors (Lipinski definition) is 3. The molecule has 0 saturated carbocycles. The summed E-state index contributed by atoms with van der Waals surface area (Å²) in [5.41, 5.74) is 1.06. The zero-order chi connectivity index (χ0) is 13.9. The maximum Gasteiger partial charge on any atom is 0.216 e. The van der Waals surface area contributed by atoms with E-state index >= 15 is 0 Å². The summed E-state index contributed by atoms with van der Waals surface area (Å²) in [4.78, 5) is 0. The lowest BCUT2D eigenvalue weighted by molar-refractivity contribution is 0.780. The van der Waals surface area contributed by atoms with Crippen molar-refractivity contribution < 1.29 is 0 Å². The zero-order valence-electron chi connectivity index (χ0n) is 11.1. The lowest BCUT2D eigenvalue weighted by Crippen LogP contribution is -1.97. The number of rotatable bonds is 3. The largest absolute Gasteiger partial charge is 0.250 e. The van der Waals surface area contributed by atoms with Crippen molar-refractivity contribution in [3.05, 3.63) is 58.6 Å². The van der Waals surface area contributed by atoms with E-state index in [0.717, 1.165) is 17.8 Å². The average Bonchev–Trinajstić information content (AvgIpc) is 2.85. The molecule has 0 fully saturated rings. The SMILES string of the molecule is CCc1n[nH]c(=S)n1N=Cc1cccc2ccccc12. The van der Waals surface area contributed by atoms with E-state index in [1.165, 1.54) is 10.8 Å². The number of aromatic amines is 1. The standard InChI is InChI=1S/C15H14N4S/c1-2-14-17-18-15(20)19(14)16-10-12-8-5-7-11-6-3-4-9-13(11)12/h3-10H,2H2,1H3,(H,18,20). The first-order valence-electron chi connectivity index (χ1n) is 6.48. The van der Waals surface area contributed by atoms with E-state index in [1.54, 1.807) is 4.68 Å². The Morgan fingerprint density at radius 2 is 2.05 bits per heavy atom. The molecule has 0 atom stereocenters. The maximum atomic E-state index is 5.18. The van der Waals surface area contributed by atoms with Gasteiger partial charge in [0.2, 0.25) is 4.77 Å². The van der Waals surface area contributed by atoms with E-state index in [0.29, 0.717) is 4.77 Å². The van der Waals surface area contributed by atoms with Crippen molar-refractivity contribution in [2.75, 3.05) is 0 Å². The molecule has 0 amide bonds. The summed E-state index contributed by atoms with van der Waals surface area (Å²) in [6.45, 7) is 2.02. The lowest BCUT2D eigenvalue weighted by atomic mass is 10.1. The topological polar surface area (TPSA) is 46.0 Å². The van der Waals surface area contributed by atoms with Gasteiger partial charge < -0.3 is 0 Å². The van der Waals surface area contributed by atoms with Crippen LogP contribution in [0, 0.1) is 4.77 Å². The monoisotopic (exact) mass is 282 g/mol. The molecule has 0 aliphatic carbocycles. The van der Waals surface area contributed by atoms with E-state index in [4.69, 9.17) is 12.2 Å². The van der Waals surface area contributed by atoms with E-state index in [9.17, 15) is 0 Å². The normalized spacial score (nSPS) is 11.4. The fourth-order valence-corrected chi connectivity index (χ4v) is 2.35. The highest BCUT2D eigenvalue weighted by molar-refractivity contribution is 7.71. The summed E-state index contributed by atoms with van der Waals surface area (Å²) < 4.78 is 2.18. The first-order chi connectivity index (χ1) is 9.79. The van der Waals surface area contributed by atoms with Crippen molar-refractivity contribution >= 4 is 29.2 Å². The minimum absolute atomic E-state index is 0.512. The Morgan fingerprint density at radius 1 is 1.25 bits per heavy atom. The van der Waals surface area contributed by atoms with E-state index in [1.807, 2.05) is 37.4 Å². The van der Waals surface area contributed by atoms with Crippen LogP contribution in [0.15, 0.2) is 47.6 Å².